The van der Waals surface area contributed by atoms with Gasteiger partial charge in [-0.25, -0.2) is 9.37 Å². The fourth-order valence-corrected chi connectivity index (χ4v) is 2.33. The van der Waals surface area contributed by atoms with E-state index in [-0.39, 0.29) is 11.0 Å². The number of H-pyrrole nitrogens is 1. The summed E-state index contributed by atoms with van der Waals surface area (Å²) >= 11 is 5.81. The molecule has 0 saturated heterocycles. The number of pyridine rings is 1. The van der Waals surface area contributed by atoms with E-state index in [0.29, 0.717) is 17.5 Å². The van der Waals surface area contributed by atoms with Gasteiger partial charge in [0.25, 0.3) is 0 Å². The summed E-state index contributed by atoms with van der Waals surface area (Å²) < 4.78 is 51.2. The fourth-order valence-electron chi connectivity index (χ4n) is 2.03. The van der Waals surface area contributed by atoms with E-state index in [2.05, 4.69) is 9.97 Å². The van der Waals surface area contributed by atoms with Gasteiger partial charge in [0.2, 0.25) is 0 Å². The van der Waals surface area contributed by atoms with Gasteiger partial charge in [0.05, 0.1) is 10.6 Å². The van der Waals surface area contributed by atoms with Crippen molar-refractivity contribution in [3.05, 3.63) is 52.9 Å². The SMILES string of the molecule is Fc1ccc(-c2cc3c(Cl)c(C(F)(F)F)cnc3[nH]2)cc1. The van der Waals surface area contributed by atoms with Crippen LogP contribution in [0.3, 0.4) is 0 Å². The summed E-state index contributed by atoms with van der Waals surface area (Å²) in [4.78, 5) is 6.60. The van der Waals surface area contributed by atoms with Gasteiger partial charge in [0.1, 0.15) is 11.5 Å². The molecule has 0 aliphatic heterocycles. The molecule has 2 nitrogen and oxygen atoms in total. The van der Waals surface area contributed by atoms with Gasteiger partial charge in [-0.2, -0.15) is 13.2 Å². The largest absolute Gasteiger partial charge is 0.419 e. The van der Waals surface area contributed by atoms with Gasteiger partial charge in [0, 0.05) is 17.3 Å². The monoisotopic (exact) mass is 314 g/mol. The molecule has 7 heteroatoms. The number of nitrogens with one attached hydrogen (secondary N) is 1. The van der Waals surface area contributed by atoms with Crippen molar-refractivity contribution in [2.24, 2.45) is 0 Å². The number of halogens is 5. The number of nitrogens with zero attached hydrogens (tertiary/aromatic N) is 1. The minimum absolute atomic E-state index is 0.172. The Balaban J connectivity index is 2.16. The molecule has 0 amide bonds. The molecular formula is C14H7ClF4N2. The minimum Gasteiger partial charge on any atom is -0.339 e. The lowest BCUT2D eigenvalue weighted by Gasteiger charge is -2.07. The van der Waals surface area contributed by atoms with E-state index in [4.69, 9.17) is 11.6 Å². The first kappa shape index (κ1) is 13.9. The number of alkyl halides is 3. The van der Waals surface area contributed by atoms with Crippen molar-refractivity contribution < 1.29 is 17.6 Å². The van der Waals surface area contributed by atoms with E-state index in [1.807, 2.05) is 0 Å². The Morgan fingerprint density at radius 3 is 2.38 bits per heavy atom. The Morgan fingerprint density at radius 2 is 1.76 bits per heavy atom. The Labute approximate surface area is 121 Å². The molecule has 0 unspecified atom stereocenters. The number of fused-ring (bicyclic) bond motifs is 1. The van der Waals surface area contributed by atoms with Gasteiger partial charge >= 0.3 is 6.18 Å². The molecule has 0 atom stereocenters. The first-order valence-corrected chi connectivity index (χ1v) is 6.24. The molecule has 3 rings (SSSR count). The van der Waals surface area contributed by atoms with Gasteiger partial charge in [-0.05, 0) is 35.9 Å². The smallest absolute Gasteiger partial charge is 0.339 e. The Morgan fingerprint density at radius 1 is 1.10 bits per heavy atom. The molecular weight excluding hydrogens is 308 g/mol. The zero-order chi connectivity index (χ0) is 15.2. The van der Waals surface area contributed by atoms with Crippen LogP contribution in [0.5, 0.6) is 0 Å². The highest BCUT2D eigenvalue weighted by Gasteiger charge is 2.34. The van der Waals surface area contributed by atoms with Crippen LogP contribution in [0.25, 0.3) is 22.3 Å². The van der Waals surface area contributed by atoms with Crippen LogP contribution in [-0.4, -0.2) is 9.97 Å². The highest BCUT2D eigenvalue weighted by Crippen LogP contribution is 2.38. The molecule has 0 radical (unpaired) electrons. The molecule has 21 heavy (non-hydrogen) atoms. The summed E-state index contributed by atoms with van der Waals surface area (Å²) in [5.41, 5.74) is 0.395. The molecule has 3 aromatic rings. The van der Waals surface area contributed by atoms with E-state index in [1.165, 1.54) is 30.3 Å². The summed E-state index contributed by atoms with van der Waals surface area (Å²) in [6.07, 6.45) is -3.87. The molecule has 1 aromatic carbocycles. The summed E-state index contributed by atoms with van der Waals surface area (Å²) in [6.45, 7) is 0. The van der Waals surface area contributed by atoms with Gasteiger partial charge in [-0.15, -0.1) is 0 Å². The fraction of sp³-hybridized carbons (Fsp3) is 0.0714. The average Bonchev–Trinajstić information content (AvgIpc) is 2.83. The lowest BCUT2D eigenvalue weighted by Crippen LogP contribution is -2.06. The van der Waals surface area contributed by atoms with Crippen molar-refractivity contribution >= 4 is 22.6 Å². The summed E-state index contributed by atoms with van der Waals surface area (Å²) in [5, 5.41) is -0.233. The van der Waals surface area contributed by atoms with Crippen LogP contribution >= 0.6 is 11.6 Å². The van der Waals surface area contributed by atoms with Crippen LogP contribution in [0.2, 0.25) is 5.02 Å². The molecule has 2 aromatic heterocycles. The third kappa shape index (κ3) is 2.47. The lowest BCUT2D eigenvalue weighted by molar-refractivity contribution is -0.137. The van der Waals surface area contributed by atoms with E-state index in [9.17, 15) is 17.6 Å². The first-order valence-electron chi connectivity index (χ1n) is 5.86. The molecule has 0 spiro atoms. The zero-order valence-corrected chi connectivity index (χ0v) is 11.1. The number of hydrogen-bond donors (Lipinski definition) is 1. The average molecular weight is 315 g/mol. The molecule has 0 bridgehead atoms. The van der Waals surface area contributed by atoms with Crippen LogP contribution in [0.15, 0.2) is 36.5 Å². The Bertz CT molecular complexity index is 806. The van der Waals surface area contributed by atoms with Crippen LogP contribution < -0.4 is 0 Å². The summed E-state index contributed by atoms with van der Waals surface area (Å²) in [5.74, 6) is -0.398. The molecule has 0 saturated carbocycles. The summed E-state index contributed by atoms with van der Waals surface area (Å²) in [7, 11) is 0. The Hall–Kier alpha value is -2.08. The standard InChI is InChI=1S/C14H7ClF4N2/c15-12-9-5-11(7-1-3-8(16)4-2-7)21-13(9)20-6-10(12)14(17,18)19/h1-6H,(H,20,21). The van der Waals surface area contributed by atoms with Crippen LogP contribution in [0, 0.1) is 5.82 Å². The maximum Gasteiger partial charge on any atom is 0.419 e. The lowest BCUT2D eigenvalue weighted by atomic mass is 10.1. The predicted octanol–water partition coefficient (Wildman–Crippen LogP) is 5.04. The van der Waals surface area contributed by atoms with Crippen molar-refractivity contribution in [3.63, 3.8) is 0 Å². The quantitative estimate of drug-likeness (QED) is 0.626. The first-order chi connectivity index (χ1) is 9.86. The molecule has 0 aliphatic carbocycles. The molecule has 108 valence electrons. The molecule has 0 fully saturated rings. The normalized spacial score (nSPS) is 12.0. The number of aromatic amines is 1. The van der Waals surface area contributed by atoms with Crippen LogP contribution in [0.1, 0.15) is 5.56 Å². The van der Waals surface area contributed by atoms with E-state index >= 15 is 0 Å². The molecule has 1 N–H and O–H groups in total. The van der Waals surface area contributed by atoms with Gasteiger partial charge < -0.3 is 4.98 Å². The van der Waals surface area contributed by atoms with Gasteiger partial charge in [-0.1, -0.05) is 11.6 Å². The Kier molecular flexibility index (Phi) is 3.13. The van der Waals surface area contributed by atoms with E-state index in [0.717, 1.165) is 0 Å². The van der Waals surface area contributed by atoms with E-state index < -0.39 is 22.6 Å². The highest BCUT2D eigenvalue weighted by atomic mass is 35.5. The van der Waals surface area contributed by atoms with Crippen molar-refractivity contribution in [2.45, 2.75) is 6.18 Å². The third-order valence-electron chi connectivity index (χ3n) is 3.05. The number of hydrogen-bond acceptors (Lipinski definition) is 1. The van der Waals surface area contributed by atoms with Crippen molar-refractivity contribution in [2.75, 3.05) is 0 Å². The minimum atomic E-state index is -4.56. The molecule has 2 heterocycles. The topological polar surface area (TPSA) is 28.7 Å². The summed E-state index contributed by atoms with van der Waals surface area (Å²) in [6, 6.07) is 7.01. The molecule has 0 aliphatic rings. The van der Waals surface area contributed by atoms with Crippen molar-refractivity contribution in [3.8, 4) is 11.3 Å². The van der Waals surface area contributed by atoms with Crippen molar-refractivity contribution in [1.82, 2.24) is 9.97 Å². The second kappa shape index (κ2) is 4.73. The van der Waals surface area contributed by atoms with Crippen LogP contribution in [-0.2, 0) is 6.18 Å². The zero-order valence-electron chi connectivity index (χ0n) is 10.3. The number of benzene rings is 1. The third-order valence-corrected chi connectivity index (χ3v) is 3.46. The maximum atomic E-state index is 12.9. The number of aromatic nitrogens is 2. The highest BCUT2D eigenvalue weighted by molar-refractivity contribution is 6.36. The number of rotatable bonds is 1. The van der Waals surface area contributed by atoms with Gasteiger partial charge in [0.15, 0.2) is 0 Å². The maximum absolute atomic E-state index is 12.9. The van der Waals surface area contributed by atoms with Crippen molar-refractivity contribution in [1.29, 1.82) is 0 Å². The second-order valence-electron chi connectivity index (χ2n) is 4.44. The van der Waals surface area contributed by atoms with Gasteiger partial charge in [-0.3, -0.25) is 0 Å². The van der Waals surface area contributed by atoms with E-state index in [1.54, 1.807) is 0 Å². The van der Waals surface area contributed by atoms with Crippen LogP contribution in [0.4, 0.5) is 17.6 Å². The predicted molar refractivity (Wildman–Crippen MR) is 71.5 cm³/mol. The second-order valence-corrected chi connectivity index (χ2v) is 4.81.